The van der Waals surface area contributed by atoms with Crippen LogP contribution in [0.4, 0.5) is 0 Å². The summed E-state index contributed by atoms with van der Waals surface area (Å²) in [5.74, 6) is 0. The van der Waals surface area contributed by atoms with E-state index < -0.39 is 15.4 Å². The topological polar surface area (TPSA) is 77.4 Å². The Morgan fingerprint density at radius 1 is 0.720 bits per heavy atom. The molecule has 0 heterocycles. The minimum absolute atomic E-state index is 0. The van der Waals surface area contributed by atoms with Crippen molar-refractivity contribution < 1.29 is 69.5 Å². The maximum atomic E-state index is 11.4. The minimum atomic E-state index is -4.18. The molecule has 0 saturated heterocycles. The first-order valence-electron chi connectivity index (χ1n) is 10.0. The van der Waals surface area contributed by atoms with Crippen LogP contribution < -0.4 is 51.4 Å². The molecule has 2 unspecified atom stereocenters. The molecule has 0 saturated carbocycles. The smallest absolute Gasteiger partial charge is 0.748 e. The van der Waals surface area contributed by atoms with Gasteiger partial charge in [-0.25, -0.2) is 8.42 Å². The third kappa shape index (κ3) is 18.6. The van der Waals surface area contributed by atoms with Crippen LogP contribution in [0.25, 0.3) is 0 Å². The van der Waals surface area contributed by atoms with Gasteiger partial charge in [-0.2, -0.15) is 0 Å². The van der Waals surface area contributed by atoms with Gasteiger partial charge in [0.1, 0.15) is 0 Å². The third-order valence-electron chi connectivity index (χ3n) is 4.74. The fourth-order valence-corrected chi connectivity index (χ4v) is 4.01. The van der Waals surface area contributed by atoms with Crippen LogP contribution >= 0.6 is 0 Å². The second-order valence-electron chi connectivity index (χ2n) is 7.11. The normalized spacial score (nSPS) is 14.1. The Kier molecular flexibility index (Phi) is 21.7. The van der Waals surface area contributed by atoms with Crippen molar-refractivity contribution >= 4 is 10.1 Å². The van der Waals surface area contributed by atoms with Crippen LogP contribution in [0.2, 0.25) is 0 Å². The molecular weight excluding hydrogens is 363 g/mol. The zero-order valence-electron chi connectivity index (χ0n) is 16.8. The third-order valence-corrected chi connectivity index (χ3v) is 6.03. The zero-order valence-corrected chi connectivity index (χ0v) is 20.8. The van der Waals surface area contributed by atoms with Crippen molar-refractivity contribution in [1.29, 1.82) is 0 Å². The first-order chi connectivity index (χ1) is 11.4. The molecule has 25 heavy (non-hydrogen) atoms. The molecule has 0 amide bonds. The molecule has 0 aliphatic carbocycles. The summed E-state index contributed by atoms with van der Waals surface area (Å²) in [6.45, 7) is 4.28. The van der Waals surface area contributed by atoms with Crippen LogP contribution in [0.15, 0.2) is 0 Å². The number of rotatable bonds is 17. The van der Waals surface area contributed by atoms with Crippen molar-refractivity contribution in [3.05, 3.63) is 0 Å². The number of aliphatic hydroxyl groups excluding tert-OH is 1. The Balaban J connectivity index is 0. The number of hydrogen-bond donors (Lipinski definition) is 1. The second kappa shape index (κ2) is 18.9. The van der Waals surface area contributed by atoms with Gasteiger partial charge in [0.15, 0.2) is 0 Å². The summed E-state index contributed by atoms with van der Waals surface area (Å²) in [5, 5.41) is 9.06. The minimum Gasteiger partial charge on any atom is -0.748 e. The fourth-order valence-electron chi connectivity index (χ4n) is 3.10. The molecule has 0 radical (unpaired) electrons. The summed E-state index contributed by atoms with van der Waals surface area (Å²) in [5.41, 5.74) is 0. The molecule has 0 rings (SSSR count). The Hall–Kier alpha value is 1.51. The van der Waals surface area contributed by atoms with E-state index in [0.717, 1.165) is 64.2 Å². The summed E-state index contributed by atoms with van der Waals surface area (Å²) in [4.78, 5) is 0. The van der Waals surface area contributed by atoms with Gasteiger partial charge in [0.2, 0.25) is 0 Å². The first kappa shape index (κ1) is 28.7. The maximum Gasteiger partial charge on any atom is 1.00 e. The molecule has 0 aliphatic rings. The molecule has 0 fully saturated rings. The average Bonchev–Trinajstić information content (AvgIpc) is 2.52. The standard InChI is InChI=1S/C19H40O4S.K/c1-3-5-7-8-9-12-16-19(24(21,22)23)17-13-10-11-15-18(20)14-6-4-2;/h18-20H,3-17H2,1-2H3,(H,21,22,23);/q;+1/p-1. The Morgan fingerprint density at radius 2 is 1.12 bits per heavy atom. The molecule has 0 aliphatic heterocycles. The summed E-state index contributed by atoms with van der Waals surface area (Å²) in [6.07, 6.45) is 13.7. The molecule has 0 aromatic heterocycles. The SMILES string of the molecule is CCCCCCCCC(CCCCCC(O)CCCC)S(=O)(=O)[O-].[K+]. The van der Waals surface area contributed by atoms with E-state index in [-0.39, 0.29) is 57.5 Å². The van der Waals surface area contributed by atoms with E-state index in [1.807, 2.05) is 0 Å². The van der Waals surface area contributed by atoms with E-state index in [0.29, 0.717) is 12.8 Å². The van der Waals surface area contributed by atoms with Crippen LogP contribution in [0, 0.1) is 0 Å². The summed E-state index contributed by atoms with van der Waals surface area (Å²) in [6, 6.07) is 0. The van der Waals surface area contributed by atoms with Gasteiger partial charge in [0, 0.05) is 5.25 Å². The number of aliphatic hydroxyl groups is 1. The first-order valence-corrected chi connectivity index (χ1v) is 11.5. The van der Waals surface area contributed by atoms with Crippen molar-refractivity contribution in [2.75, 3.05) is 0 Å². The quantitative estimate of drug-likeness (QED) is 0.230. The number of unbranched alkanes of at least 4 members (excludes halogenated alkanes) is 8. The molecule has 0 aromatic carbocycles. The maximum absolute atomic E-state index is 11.4. The van der Waals surface area contributed by atoms with E-state index in [2.05, 4.69) is 13.8 Å². The molecule has 4 nitrogen and oxygen atoms in total. The van der Waals surface area contributed by atoms with Gasteiger partial charge in [-0.05, 0) is 25.7 Å². The van der Waals surface area contributed by atoms with Gasteiger partial charge in [0.05, 0.1) is 16.2 Å². The molecule has 0 spiro atoms. The van der Waals surface area contributed by atoms with Gasteiger partial charge < -0.3 is 9.66 Å². The predicted octanol–water partition coefficient (Wildman–Crippen LogP) is 2.16. The fraction of sp³-hybridized carbons (Fsp3) is 1.00. The van der Waals surface area contributed by atoms with E-state index in [9.17, 15) is 18.1 Å². The molecule has 146 valence electrons. The van der Waals surface area contributed by atoms with Crippen molar-refractivity contribution in [2.45, 2.75) is 122 Å². The van der Waals surface area contributed by atoms with E-state index >= 15 is 0 Å². The zero-order chi connectivity index (χ0) is 18.3. The van der Waals surface area contributed by atoms with E-state index in [4.69, 9.17) is 0 Å². The van der Waals surface area contributed by atoms with Crippen LogP contribution in [0.5, 0.6) is 0 Å². The van der Waals surface area contributed by atoms with Crippen LogP contribution in [-0.4, -0.2) is 29.4 Å². The van der Waals surface area contributed by atoms with Gasteiger partial charge in [-0.1, -0.05) is 84.5 Å². The van der Waals surface area contributed by atoms with Crippen LogP contribution in [0.3, 0.4) is 0 Å². The van der Waals surface area contributed by atoms with Gasteiger partial charge in [-0.3, -0.25) is 0 Å². The Morgan fingerprint density at radius 3 is 1.64 bits per heavy atom. The van der Waals surface area contributed by atoms with E-state index in [1.165, 1.54) is 19.3 Å². The van der Waals surface area contributed by atoms with Crippen molar-refractivity contribution in [3.63, 3.8) is 0 Å². The summed E-state index contributed by atoms with van der Waals surface area (Å²) < 4.78 is 34.2. The summed E-state index contributed by atoms with van der Waals surface area (Å²) >= 11 is 0. The van der Waals surface area contributed by atoms with E-state index in [1.54, 1.807) is 0 Å². The van der Waals surface area contributed by atoms with Crippen molar-refractivity contribution in [3.8, 4) is 0 Å². The van der Waals surface area contributed by atoms with Crippen LogP contribution in [-0.2, 0) is 10.1 Å². The molecular formula is C19H39KO4S. The molecule has 2 atom stereocenters. The second-order valence-corrected chi connectivity index (χ2v) is 8.76. The van der Waals surface area contributed by atoms with Gasteiger partial charge in [-0.15, -0.1) is 0 Å². The summed E-state index contributed by atoms with van der Waals surface area (Å²) in [7, 11) is -4.18. The van der Waals surface area contributed by atoms with Crippen molar-refractivity contribution in [1.82, 2.24) is 0 Å². The molecule has 0 bridgehead atoms. The largest absolute Gasteiger partial charge is 1.00 e. The molecule has 6 heteroatoms. The number of hydrogen-bond acceptors (Lipinski definition) is 4. The molecule has 0 aromatic rings. The average molecular weight is 403 g/mol. The van der Waals surface area contributed by atoms with Crippen molar-refractivity contribution in [2.24, 2.45) is 0 Å². The van der Waals surface area contributed by atoms with Gasteiger partial charge >= 0.3 is 51.4 Å². The molecule has 1 N–H and O–H groups in total. The Labute approximate surface area is 199 Å². The monoisotopic (exact) mass is 402 g/mol. The van der Waals surface area contributed by atoms with Gasteiger partial charge in [0.25, 0.3) is 0 Å². The van der Waals surface area contributed by atoms with Crippen LogP contribution in [0.1, 0.15) is 110 Å². The Bertz CT molecular complexity index is 374. The predicted molar refractivity (Wildman–Crippen MR) is 100 cm³/mol.